The van der Waals surface area contributed by atoms with E-state index in [1.807, 2.05) is 20.0 Å². The lowest BCUT2D eigenvalue weighted by molar-refractivity contribution is 0.628. The van der Waals surface area contributed by atoms with Crippen LogP contribution in [0.3, 0.4) is 0 Å². The predicted molar refractivity (Wildman–Crippen MR) is 59.1 cm³/mol. The van der Waals surface area contributed by atoms with E-state index in [0.29, 0.717) is 0 Å². The van der Waals surface area contributed by atoms with Crippen LogP contribution in [0.5, 0.6) is 0 Å². The van der Waals surface area contributed by atoms with E-state index in [0.717, 1.165) is 22.4 Å². The van der Waals surface area contributed by atoms with Gasteiger partial charge in [-0.25, -0.2) is 4.39 Å². The van der Waals surface area contributed by atoms with Gasteiger partial charge in [0.1, 0.15) is 5.82 Å². The fraction of sp³-hybridized carbons (Fsp3) is 0.154. The first kappa shape index (κ1) is 9.84. The molecule has 0 spiro atoms. The van der Waals surface area contributed by atoms with Gasteiger partial charge in [0, 0.05) is 11.8 Å². The molecule has 1 aromatic heterocycles. The Bertz CT molecular complexity index is 474. The average Bonchev–Trinajstić information content (AvgIpc) is 2.20. The summed E-state index contributed by atoms with van der Waals surface area (Å²) >= 11 is 0. The highest BCUT2D eigenvalue weighted by atomic mass is 19.1. The van der Waals surface area contributed by atoms with Crippen LogP contribution in [-0.4, -0.2) is 4.98 Å². The van der Waals surface area contributed by atoms with Gasteiger partial charge in [0.25, 0.3) is 0 Å². The molecule has 1 heterocycles. The molecule has 0 saturated carbocycles. The van der Waals surface area contributed by atoms with Crippen molar-refractivity contribution in [2.45, 2.75) is 13.8 Å². The Hall–Kier alpha value is -1.70. The summed E-state index contributed by atoms with van der Waals surface area (Å²) in [5.41, 5.74) is 4.12. The predicted octanol–water partition coefficient (Wildman–Crippen LogP) is 3.50. The van der Waals surface area contributed by atoms with Gasteiger partial charge in [0.15, 0.2) is 0 Å². The molecule has 0 unspecified atom stereocenters. The number of hydrogen-bond donors (Lipinski definition) is 0. The molecule has 0 N–H and O–H groups in total. The molecule has 0 aliphatic heterocycles. The molecule has 2 rings (SSSR count). The zero-order valence-corrected chi connectivity index (χ0v) is 8.79. The van der Waals surface area contributed by atoms with E-state index in [9.17, 15) is 4.39 Å². The number of hydrogen-bond acceptors (Lipinski definition) is 1. The Morgan fingerprint density at radius 2 is 1.73 bits per heavy atom. The Balaban J connectivity index is 2.49. The summed E-state index contributed by atoms with van der Waals surface area (Å²) in [6.45, 7) is 4.02. The standard InChI is InChI=1S/C13H12FN/c1-9-7-10(2)13(15-8-9)11-3-5-12(14)6-4-11/h3-8H,1-2H3. The normalized spacial score (nSPS) is 10.3. The quantitative estimate of drug-likeness (QED) is 0.688. The molecular formula is C13H12FN. The number of rotatable bonds is 1. The van der Waals surface area contributed by atoms with Gasteiger partial charge >= 0.3 is 0 Å². The molecule has 1 aromatic carbocycles. The molecule has 0 saturated heterocycles. The van der Waals surface area contributed by atoms with E-state index in [4.69, 9.17) is 0 Å². The van der Waals surface area contributed by atoms with Gasteiger partial charge in [-0.15, -0.1) is 0 Å². The van der Waals surface area contributed by atoms with E-state index in [2.05, 4.69) is 11.1 Å². The second-order valence-electron chi connectivity index (χ2n) is 3.69. The molecule has 2 aromatic rings. The van der Waals surface area contributed by atoms with Crippen molar-refractivity contribution >= 4 is 0 Å². The van der Waals surface area contributed by atoms with E-state index in [-0.39, 0.29) is 5.82 Å². The molecule has 0 atom stereocenters. The summed E-state index contributed by atoms with van der Waals surface area (Å²) in [7, 11) is 0. The molecule has 1 nitrogen and oxygen atoms in total. The van der Waals surface area contributed by atoms with Crippen molar-refractivity contribution < 1.29 is 4.39 Å². The minimum atomic E-state index is -0.219. The molecule has 0 fully saturated rings. The third-order valence-electron chi connectivity index (χ3n) is 2.33. The first-order valence-electron chi connectivity index (χ1n) is 4.86. The van der Waals surface area contributed by atoms with Gasteiger partial charge in [0.2, 0.25) is 0 Å². The third kappa shape index (κ3) is 2.04. The molecule has 0 aliphatic carbocycles. The van der Waals surface area contributed by atoms with Gasteiger partial charge < -0.3 is 0 Å². The molecule has 76 valence electrons. The van der Waals surface area contributed by atoms with Gasteiger partial charge in [-0.3, -0.25) is 4.98 Å². The summed E-state index contributed by atoms with van der Waals surface area (Å²) in [5, 5.41) is 0. The van der Waals surface area contributed by atoms with Crippen molar-refractivity contribution in [1.29, 1.82) is 0 Å². The highest BCUT2D eigenvalue weighted by molar-refractivity contribution is 5.62. The lowest BCUT2D eigenvalue weighted by Crippen LogP contribution is -1.89. The van der Waals surface area contributed by atoms with Crippen LogP contribution in [-0.2, 0) is 0 Å². The van der Waals surface area contributed by atoms with Crippen molar-refractivity contribution in [3.05, 3.63) is 53.5 Å². The maximum atomic E-state index is 12.7. The Morgan fingerprint density at radius 1 is 1.07 bits per heavy atom. The maximum Gasteiger partial charge on any atom is 0.123 e. The van der Waals surface area contributed by atoms with Crippen molar-refractivity contribution in [3.63, 3.8) is 0 Å². The third-order valence-corrected chi connectivity index (χ3v) is 2.33. The van der Waals surface area contributed by atoms with Gasteiger partial charge in [0.05, 0.1) is 5.69 Å². The lowest BCUT2D eigenvalue weighted by Gasteiger charge is -2.05. The minimum absolute atomic E-state index is 0.219. The van der Waals surface area contributed by atoms with Crippen molar-refractivity contribution in [3.8, 4) is 11.3 Å². The maximum absolute atomic E-state index is 12.7. The fourth-order valence-corrected chi connectivity index (χ4v) is 1.63. The average molecular weight is 201 g/mol. The van der Waals surface area contributed by atoms with Crippen LogP contribution in [0, 0.1) is 19.7 Å². The number of pyridine rings is 1. The second-order valence-corrected chi connectivity index (χ2v) is 3.69. The Morgan fingerprint density at radius 3 is 2.33 bits per heavy atom. The summed E-state index contributed by atoms with van der Waals surface area (Å²) in [4.78, 5) is 4.36. The Kier molecular flexibility index (Phi) is 2.50. The van der Waals surface area contributed by atoms with Gasteiger partial charge in [-0.05, 0) is 49.2 Å². The zero-order chi connectivity index (χ0) is 10.8. The molecule has 2 heteroatoms. The lowest BCUT2D eigenvalue weighted by atomic mass is 10.1. The number of benzene rings is 1. The first-order chi connectivity index (χ1) is 7.16. The highest BCUT2D eigenvalue weighted by Crippen LogP contribution is 2.21. The highest BCUT2D eigenvalue weighted by Gasteiger charge is 2.03. The van der Waals surface area contributed by atoms with Crippen LogP contribution < -0.4 is 0 Å². The molecule has 0 aliphatic rings. The van der Waals surface area contributed by atoms with Crippen LogP contribution in [0.25, 0.3) is 11.3 Å². The van der Waals surface area contributed by atoms with Gasteiger partial charge in [-0.1, -0.05) is 6.07 Å². The topological polar surface area (TPSA) is 12.9 Å². The second kappa shape index (κ2) is 3.81. The molecule has 0 amide bonds. The Labute approximate surface area is 88.6 Å². The smallest absolute Gasteiger partial charge is 0.123 e. The van der Waals surface area contributed by atoms with Crippen LogP contribution in [0.15, 0.2) is 36.5 Å². The summed E-state index contributed by atoms with van der Waals surface area (Å²) in [6.07, 6.45) is 1.83. The van der Waals surface area contributed by atoms with Crippen LogP contribution in [0.4, 0.5) is 4.39 Å². The van der Waals surface area contributed by atoms with Crippen LogP contribution in [0.1, 0.15) is 11.1 Å². The molecule has 0 bridgehead atoms. The zero-order valence-electron chi connectivity index (χ0n) is 8.79. The SMILES string of the molecule is Cc1cnc(-c2ccc(F)cc2)c(C)c1. The van der Waals surface area contributed by atoms with Crippen LogP contribution >= 0.6 is 0 Å². The van der Waals surface area contributed by atoms with E-state index in [1.54, 1.807) is 12.1 Å². The molecular weight excluding hydrogens is 189 g/mol. The van der Waals surface area contributed by atoms with Crippen molar-refractivity contribution in [1.82, 2.24) is 4.98 Å². The summed E-state index contributed by atoms with van der Waals surface area (Å²) in [6, 6.07) is 8.48. The number of halogens is 1. The van der Waals surface area contributed by atoms with Crippen molar-refractivity contribution in [2.24, 2.45) is 0 Å². The molecule has 15 heavy (non-hydrogen) atoms. The van der Waals surface area contributed by atoms with Crippen molar-refractivity contribution in [2.75, 3.05) is 0 Å². The largest absolute Gasteiger partial charge is 0.256 e. The van der Waals surface area contributed by atoms with Gasteiger partial charge in [-0.2, -0.15) is 0 Å². The number of aromatic nitrogens is 1. The summed E-state index contributed by atoms with van der Waals surface area (Å²) in [5.74, 6) is -0.219. The minimum Gasteiger partial charge on any atom is -0.256 e. The molecule has 0 radical (unpaired) electrons. The van der Waals surface area contributed by atoms with E-state index >= 15 is 0 Å². The number of nitrogens with zero attached hydrogens (tertiary/aromatic N) is 1. The first-order valence-corrected chi connectivity index (χ1v) is 4.86. The van der Waals surface area contributed by atoms with E-state index < -0.39 is 0 Å². The monoisotopic (exact) mass is 201 g/mol. The summed E-state index contributed by atoms with van der Waals surface area (Å²) < 4.78 is 12.7. The number of aryl methyl sites for hydroxylation is 2. The van der Waals surface area contributed by atoms with E-state index in [1.165, 1.54) is 12.1 Å². The fourth-order valence-electron chi connectivity index (χ4n) is 1.63. The van der Waals surface area contributed by atoms with Crippen LogP contribution in [0.2, 0.25) is 0 Å².